The number of halogens is 2. The van der Waals surface area contributed by atoms with E-state index in [9.17, 15) is 15.4 Å². The average molecular weight is 385 g/mol. The lowest BCUT2D eigenvalue weighted by molar-refractivity contribution is -0.384. The molecule has 0 bridgehead atoms. The van der Waals surface area contributed by atoms with Crippen LogP contribution in [0.4, 0.5) is 5.69 Å². The second-order valence-corrected chi connectivity index (χ2v) is 6.15. The Labute approximate surface area is 158 Å². The average Bonchev–Trinajstić information content (AvgIpc) is 3.08. The first-order valence-electron chi connectivity index (χ1n) is 7.40. The fourth-order valence-corrected chi connectivity index (χ4v) is 2.75. The molecule has 3 rings (SSSR count). The Bertz CT molecular complexity index is 1060. The summed E-state index contributed by atoms with van der Waals surface area (Å²) in [6.45, 7) is 0. The van der Waals surface area contributed by atoms with E-state index in [0.29, 0.717) is 33.2 Å². The Morgan fingerprint density at radius 3 is 2.65 bits per heavy atom. The van der Waals surface area contributed by atoms with Crippen molar-refractivity contribution < 1.29 is 9.34 Å². The molecule has 0 aliphatic rings. The van der Waals surface area contributed by atoms with Gasteiger partial charge in [-0.3, -0.25) is 10.1 Å². The second-order valence-electron chi connectivity index (χ2n) is 5.31. The summed E-state index contributed by atoms with van der Waals surface area (Å²) in [5.74, 6) is 0.869. The molecule has 0 radical (unpaired) electrons. The molecule has 0 aliphatic carbocycles. The smallest absolute Gasteiger partial charge is 0.288 e. The third kappa shape index (κ3) is 3.77. The van der Waals surface area contributed by atoms with Gasteiger partial charge >= 0.3 is 0 Å². The van der Waals surface area contributed by atoms with Crippen LogP contribution >= 0.6 is 23.2 Å². The lowest BCUT2D eigenvalue weighted by atomic mass is 10.1. The highest BCUT2D eigenvalue weighted by atomic mass is 35.5. The summed E-state index contributed by atoms with van der Waals surface area (Å²) >= 11 is 11.8. The van der Waals surface area contributed by atoms with Crippen LogP contribution in [0.2, 0.25) is 10.0 Å². The van der Waals surface area contributed by atoms with E-state index in [1.165, 1.54) is 12.1 Å². The van der Waals surface area contributed by atoms with Gasteiger partial charge in [0.1, 0.15) is 16.5 Å². The van der Waals surface area contributed by atoms with Crippen LogP contribution in [-0.2, 0) is 0 Å². The highest BCUT2D eigenvalue weighted by Crippen LogP contribution is 2.32. The molecule has 1 heterocycles. The highest BCUT2D eigenvalue weighted by molar-refractivity contribution is 6.32. The summed E-state index contributed by atoms with van der Waals surface area (Å²) in [6.07, 6.45) is 1.58. The molecule has 128 valence electrons. The molecule has 3 aromatic rings. The molecule has 26 heavy (non-hydrogen) atoms. The third-order valence-corrected chi connectivity index (χ3v) is 4.15. The van der Waals surface area contributed by atoms with Gasteiger partial charge in [-0.05, 0) is 48.0 Å². The van der Waals surface area contributed by atoms with Crippen LogP contribution in [0.25, 0.3) is 23.0 Å². The van der Waals surface area contributed by atoms with Gasteiger partial charge in [-0.1, -0.05) is 35.3 Å². The molecule has 0 atom stereocenters. The van der Waals surface area contributed by atoms with Crippen molar-refractivity contribution in [3.05, 3.63) is 86.1 Å². The zero-order chi connectivity index (χ0) is 18.7. The van der Waals surface area contributed by atoms with Gasteiger partial charge in [0.25, 0.3) is 5.69 Å². The minimum Gasteiger partial charge on any atom is -0.457 e. The summed E-state index contributed by atoms with van der Waals surface area (Å²) in [5.41, 5.74) is 1.37. The Morgan fingerprint density at radius 2 is 1.96 bits per heavy atom. The van der Waals surface area contributed by atoms with Gasteiger partial charge in [0.15, 0.2) is 0 Å². The van der Waals surface area contributed by atoms with Crippen LogP contribution in [0.1, 0.15) is 11.3 Å². The predicted octanol–water partition coefficient (Wildman–Crippen LogP) is 6.23. The molecule has 2 aromatic carbocycles. The zero-order valence-corrected chi connectivity index (χ0v) is 14.7. The number of nitrogens with zero attached hydrogens (tertiary/aromatic N) is 2. The first-order valence-corrected chi connectivity index (χ1v) is 8.15. The lowest BCUT2D eigenvalue weighted by Gasteiger charge is -2.00. The number of nitro groups is 1. The fraction of sp³-hybridized carbons (Fsp3) is 0. The Balaban J connectivity index is 1.96. The van der Waals surface area contributed by atoms with Gasteiger partial charge in [0.2, 0.25) is 0 Å². The molecule has 0 saturated carbocycles. The number of furan rings is 1. The Kier molecular flexibility index (Phi) is 5.08. The highest BCUT2D eigenvalue weighted by Gasteiger charge is 2.15. The van der Waals surface area contributed by atoms with Gasteiger partial charge in [-0.25, -0.2) is 0 Å². The number of hydrogen-bond donors (Lipinski definition) is 0. The van der Waals surface area contributed by atoms with Gasteiger partial charge in [0, 0.05) is 16.7 Å². The molecule has 1 aromatic heterocycles. The molecule has 5 nitrogen and oxygen atoms in total. The molecule has 0 saturated heterocycles. The normalized spacial score (nSPS) is 11.2. The minimum absolute atomic E-state index is 0.0538. The van der Waals surface area contributed by atoms with E-state index < -0.39 is 4.92 Å². The van der Waals surface area contributed by atoms with E-state index in [1.54, 1.807) is 48.5 Å². The quantitative estimate of drug-likeness (QED) is 0.303. The number of hydrogen-bond acceptors (Lipinski definition) is 4. The van der Waals surface area contributed by atoms with E-state index in [1.807, 2.05) is 0 Å². The number of nitro benzene ring substituents is 1. The summed E-state index contributed by atoms with van der Waals surface area (Å²) in [7, 11) is 0. The molecule has 0 aliphatic heterocycles. The SMILES string of the molecule is N#C/C(=C/c1ccc(-c2ccc(Cl)c([N+](=O)[O-])c2)o1)c1cccc(Cl)c1. The van der Waals surface area contributed by atoms with Gasteiger partial charge < -0.3 is 4.42 Å². The van der Waals surface area contributed by atoms with Crippen molar-refractivity contribution in [3.63, 3.8) is 0 Å². The maximum atomic E-state index is 11.0. The summed E-state index contributed by atoms with van der Waals surface area (Å²) in [5, 5.41) is 21.0. The van der Waals surface area contributed by atoms with Gasteiger partial charge in [-0.2, -0.15) is 5.26 Å². The summed E-state index contributed by atoms with van der Waals surface area (Å²) < 4.78 is 5.70. The monoisotopic (exact) mass is 384 g/mol. The van der Waals surface area contributed by atoms with Crippen LogP contribution in [0, 0.1) is 21.4 Å². The first kappa shape index (κ1) is 17.7. The molecule has 0 spiro atoms. The van der Waals surface area contributed by atoms with Crippen LogP contribution in [0.15, 0.2) is 59.0 Å². The van der Waals surface area contributed by atoms with E-state index >= 15 is 0 Å². The topological polar surface area (TPSA) is 80.1 Å². The lowest BCUT2D eigenvalue weighted by Crippen LogP contribution is -1.89. The summed E-state index contributed by atoms with van der Waals surface area (Å²) in [6, 6.07) is 16.8. The number of allylic oxidation sites excluding steroid dienone is 1. The van der Waals surface area contributed by atoms with Crippen molar-refractivity contribution in [3.8, 4) is 17.4 Å². The fourth-order valence-electron chi connectivity index (χ4n) is 2.37. The van der Waals surface area contributed by atoms with Crippen LogP contribution in [-0.4, -0.2) is 4.92 Å². The minimum atomic E-state index is -0.553. The van der Waals surface area contributed by atoms with Crippen molar-refractivity contribution in [2.24, 2.45) is 0 Å². The van der Waals surface area contributed by atoms with Crippen molar-refractivity contribution >= 4 is 40.5 Å². The van der Waals surface area contributed by atoms with Crippen LogP contribution < -0.4 is 0 Å². The van der Waals surface area contributed by atoms with Crippen molar-refractivity contribution in [1.29, 1.82) is 5.26 Å². The maximum absolute atomic E-state index is 11.0. The molecule has 0 N–H and O–H groups in total. The van der Waals surface area contributed by atoms with Crippen molar-refractivity contribution in [2.45, 2.75) is 0 Å². The van der Waals surface area contributed by atoms with Crippen molar-refractivity contribution in [1.82, 2.24) is 0 Å². The van der Waals surface area contributed by atoms with E-state index in [-0.39, 0.29) is 10.7 Å². The molecule has 7 heteroatoms. The maximum Gasteiger partial charge on any atom is 0.288 e. The second kappa shape index (κ2) is 7.44. The van der Waals surface area contributed by atoms with E-state index in [0.717, 1.165) is 0 Å². The molecule has 0 unspecified atom stereocenters. The Hall–Kier alpha value is -3.07. The van der Waals surface area contributed by atoms with E-state index in [2.05, 4.69) is 6.07 Å². The van der Waals surface area contributed by atoms with E-state index in [4.69, 9.17) is 27.6 Å². The zero-order valence-electron chi connectivity index (χ0n) is 13.1. The molecular weight excluding hydrogens is 375 g/mol. The molecule has 0 amide bonds. The first-order chi connectivity index (χ1) is 12.5. The largest absolute Gasteiger partial charge is 0.457 e. The predicted molar refractivity (Wildman–Crippen MR) is 101 cm³/mol. The molecule has 0 fully saturated rings. The van der Waals surface area contributed by atoms with Gasteiger partial charge in [0.05, 0.1) is 16.6 Å². The number of rotatable bonds is 4. The van der Waals surface area contributed by atoms with Gasteiger partial charge in [-0.15, -0.1) is 0 Å². The number of benzene rings is 2. The van der Waals surface area contributed by atoms with Crippen LogP contribution in [0.3, 0.4) is 0 Å². The summed E-state index contributed by atoms with van der Waals surface area (Å²) in [4.78, 5) is 10.5. The Morgan fingerprint density at radius 1 is 1.15 bits per heavy atom. The number of nitriles is 1. The standard InChI is InChI=1S/C19H10Cl2N2O3/c20-15-3-1-2-12(8-15)14(11-22)9-16-5-7-19(26-16)13-4-6-17(21)18(10-13)23(24)25/h1-10H/b14-9-. The molecular formula is C19H10Cl2N2O3. The van der Waals surface area contributed by atoms with Crippen LogP contribution in [0.5, 0.6) is 0 Å². The van der Waals surface area contributed by atoms with Crippen molar-refractivity contribution in [2.75, 3.05) is 0 Å². The third-order valence-electron chi connectivity index (χ3n) is 3.60.